The monoisotopic (exact) mass is 422 g/mol. The zero-order valence-corrected chi connectivity index (χ0v) is 17.1. The van der Waals surface area contributed by atoms with Gasteiger partial charge in [-0.05, 0) is 43.7 Å². The molecule has 1 aliphatic heterocycles. The molecule has 1 aliphatic rings. The Labute approximate surface area is 169 Å². The number of benzene rings is 2. The number of nitrogens with zero attached hydrogens (tertiary/aromatic N) is 1. The Morgan fingerprint density at radius 2 is 1.90 bits per heavy atom. The first kappa shape index (κ1) is 21.2. The molecule has 7 nitrogen and oxygen atoms in total. The Morgan fingerprint density at radius 1 is 1.17 bits per heavy atom. The number of hydrogen-bond acceptors (Lipinski definition) is 5. The molecule has 2 aromatic rings. The number of ether oxygens (including phenoxy) is 2. The van der Waals surface area contributed by atoms with Crippen LogP contribution in [0.25, 0.3) is 0 Å². The molecule has 0 atom stereocenters. The molecule has 1 fully saturated rings. The van der Waals surface area contributed by atoms with E-state index in [1.54, 1.807) is 6.07 Å². The first-order chi connectivity index (χ1) is 13.8. The SMILES string of the molecule is Cc1ccc(OCC(=O)Nc2ccc(F)c(S(=O)(=O)N3CCOCC3)c2)c(C)c1. The zero-order valence-electron chi connectivity index (χ0n) is 16.3. The fourth-order valence-corrected chi connectivity index (χ4v) is 4.50. The summed E-state index contributed by atoms with van der Waals surface area (Å²) >= 11 is 0. The molecule has 0 aliphatic carbocycles. The van der Waals surface area contributed by atoms with Crippen LogP contribution >= 0.6 is 0 Å². The number of rotatable bonds is 6. The summed E-state index contributed by atoms with van der Waals surface area (Å²) < 4.78 is 51.5. The van der Waals surface area contributed by atoms with E-state index in [9.17, 15) is 17.6 Å². The molecule has 0 aromatic heterocycles. The van der Waals surface area contributed by atoms with Crippen LogP contribution in [-0.4, -0.2) is 51.5 Å². The number of anilines is 1. The number of hydrogen-bond donors (Lipinski definition) is 1. The molecular formula is C20H23FN2O5S. The molecule has 1 heterocycles. The van der Waals surface area contributed by atoms with E-state index in [0.29, 0.717) is 5.75 Å². The lowest BCUT2D eigenvalue weighted by atomic mass is 10.1. The lowest BCUT2D eigenvalue weighted by molar-refractivity contribution is -0.118. The highest BCUT2D eigenvalue weighted by molar-refractivity contribution is 7.89. The second-order valence-electron chi connectivity index (χ2n) is 6.77. The molecule has 9 heteroatoms. The summed E-state index contributed by atoms with van der Waals surface area (Å²) in [4.78, 5) is 11.7. The third-order valence-corrected chi connectivity index (χ3v) is 6.41. The van der Waals surface area contributed by atoms with Gasteiger partial charge < -0.3 is 14.8 Å². The highest BCUT2D eigenvalue weighted by atomic mass is 32.2. The molecule has 0 saturated carbocycles. The lowest BCUT2D eigenvalue weighted by Gasteiger charge is -2.26. The van der Waals surface area contributed by atoms with Crippen LogP contribution in [0.5, 0.6) is 5.75 Å². The van der Waals surface area contributed by atoms with Crippen molar-refractivity contribution in [3.63, 3.8) is 0 Å². The molecule has 0 spiro atoms. The number of amides is 1. The third-order valence-electron chi connectivity index (χ3n) is 4.49. The Hall–Kier alpha value is -2.49. The van der Waals surface area contributed by atoms with E-state index in [-0.39, 0.29) is 38.6 Å². The smallest absolute Gasteiger partial charge is 0.262 e. The van der Waals surface area contributed by atoms with Crippen molar-refractivity contribution in [2.75, 3.05) is 38.2 Å². The predicted molar refractivity (Wildman–Crippen MR) is 106 cm³/mol. The maximum Gasteiger partial charge on any atom is 0.262 e. The van der Waals surface area contributed by atoms with Crippen LogP contribution in [0.2, 0.25) is 0 Å². The zero-order chi connectivity index (χ0) is 21.0. The average Bonchev–Trinajstić information content (AvgIpc) is 2.69. The summed E-state index contributed by atoms with van der Waals surface area (Å²) in [6.45, 7) is 4.40. The minimum absolute atomic E-state index is 0.155. The maximum atomic E-state index is 14.2. The van der Waals surface area contributed by atoms with E-state index in [4.69, 9.17) is 9.47 Å². The van der Waals surface area contributed by atoms with Crippen LogP contribution in [0.3, 0.4) is 0 Å². The van der Waals surface area contributed by atoms with E-state index < -0.39 is 26.6 Å². The molecule has 1 amide bonds. The minimum atomic E-state index is -4.02. The van der Waals surface area contributed by atoms with Gasteiger partial charge in [0.25, 0.3) is 5.91 Å². The summed E-state index contributed by atoms with van der Waals surface area (Å²) in [6.07, 6.45) is 0. The molecule has 1 saturated heterocycles. The van der Waals surface area contributed by atoms with E-state index >= 15 is 0 Å². The van der Waals surface area contributed by atoms with Crippen LogP contribution in [-0.2, 0) is 19.6 Å². The van der Waals surface area contributed by atoms with Gasteiger partial charge in [-0.3, -0.25) is 4.79 Å². The van der Waals surface area contributed by atoms with E-state index in [2.05, 4.69) is 5.32 Å². The van der Waals surface area contributed by atoms with Crippen molar-refractivity contribution in [1.29, 1.82) is 0 Å². The fourth-order valence-electron chi connectivity index (χ4n) is 3.01. The number of morpholine rings is 1. The first-order valence-electron chi connectivity index (χ1n) is 9.15. The topological polar surface area (TPSA) is 84.9 Å². The van der Waals surface area contributed by atoms with Gasteiger partial charge in [0.15, 0.2) is 6.61 Å². The summed E-state index contributed by atoms with van der Waals surface area (Å²) in [5.41, 5.74) is 2.16. The number of halogens is 1. The molecule has 29 heavy (non-hydrogen) atoms. The van der Waals surface area contributed by atoms with Crippen molar-refractivity contribution in [3.8, 4) is 5.75 Å². The van der Waals surface area contributed by atoms with Gasteiger partial charge in [0.1, 0.15) is 16.5 Å². The number of carbonyl (C=O) groups excluding carboxylic acids is 1. The van der Waals surface area contributed by atoms with Gasteiger partial charge in [-0.25, -0.2) is 12.8 Å². The number of nitrogens with one attached hydrogen (secondary N) is 1. The van der Waals surface area contributed by atoms with Crippen LogP contribution < -0.4 is 10.1 Å². The molecule has 0 bridgehead atoms. The number of sulfonamides is 1. The standard InChI is InChI=1S/C20H23FN2O5S/c1-14-3-6-18(15(2)11-14)28-13-20(24)22-16-4-5-17(21)19(12-16)29(25,26)23-7-9-27-10-8-23/h3-6,11-12H,7-10,13H2,1-2H3,(H,22,24). The highest BCUT2D eigenvalue weighted by Gasteiger charge is 2.29. The molecule has 156 valence electrons. The predicted octanol–water partition coefficient (Wildman–Crippen LogP) is 2.48. The Balaban J connectivity index is 1.69. The van der Waals surface area contributed by atoms with Crippen LogP contribution in [0.15, 0.2) is 41.3 Å². The van der Waals surface area contributed by atoms with Gasteiger partial charge in [-0.1, -0.05) is 17.7 Å². The average molecular weight is 422 g/mol. The Kier molecular flexibility index (Phi) is 6.51. The third kappa shape index (κ3) is 5.11. The molecule has 2 aromatic carbocycles. The molecule has 3 rings (SSSR count). The molecule has 0 radical (unpaired) electrons. The lowest BCUT2D eigenvalue weighted by Crippen LogP contribution is -2.40. The van der Waals surface area contributed by atoms with Crippen molar-refractivity contribution < 1.29 is 27.1 Å². The van der Waals surface area contributed by atoms with Crippen molar-refractivity contribution in [1.82, 2.24) is 4.31 Å². The van der Waals surface area contributed by atoms with Crippen molar-refractivity contribution >= 4 is 21.6 Å². The second kappa shape index (κ2) is 8.89. The first-order valence-corrected chi connectivity index (χ1v) is 10.6. The fraction of sp³-hybridized carbons (Fsp3) is 0.350. The van der Waals surface area contributed by atoms with E-state index in [0.717, 1.165) is 23.3 Å². The van der Waals surface area contributed by atoms with Crippen LogP contribution in [0.4, 0.5) is 10.1 Å². The van der Waals surface area contributed by atoms with Gasteiger partial charge in [-0.15, -0.1) is 0 Å². The summed E-state index contributed by atoms with van der Waals surface area (Å²) in [5, 5.41) is 2.55. The molecular weight excluding hydrogens is 399 g/mol. The Bertz CT molecular complexity index is 1000. The molecule has 0 unspecified atom stereocenters. The van der Waals surface area contributed by atoms with Crippen LogP contribution in [0, 0.1) is 19.7 Å². The normalized spacial score (nSPS) is 15.1. The van der Waals surface area contributed by atoms with Crippen LogP contribution in [0.1, 0.15) is 11.1 Å². The highest BCUT2D eigenvalue weighted by Crippen LogP contribution is 2.24. The largest absolute Gasteiger partial charge is 0.483 e. The van der Waals surface area contributed by atoms with Gasteiger partial charge in [0.2, 0.25) is 10.0 Å². The van der Waals surface area contributed by atoms with Crippen molar-refractivity contribution in [2.24, 2.45) is 0 Å². The van der Waals surface area contributed by atoms with Crippen molar-refractivity contribution in [3.05, 3.63) is 53.3 Å². The summed E-state index contributed by atoms with van der Waals surface area (Å²) in [5.74, 6) is -0.771. The van der Waals surface area contributed by atoms with Gasteiger partial charge >= 0.3 is 0 Å². The van der Waals surface area contributed by atoms with E-state index in [1.807, 2.05) is 26.0 Å². The van der Waals surface area contributed by atoms with Gasteiger partial charge in [0.05, 0.1) is 13.2 Å². The van der Waals surface area contributed by atoms with E-state index in [1.165, 1.54) is 10.4 Å². The molecule has 1 N–H and O–H groups in total. The number of aryl methyl sites for hydroxylation is 2. The maximum absolute atomic E-state index is 14.2. The summed E-state index contributed by atoms with van der Waals surface area (Å²) in [7, 11) is -4.02. The second-order valence-corrected chi connectivity index (χ2v) is 8.67. The summed E-state index contributed by atoms with van der Waals surface area (Å²) in [6, 6.07) is 9.05. The number of carbonyl (C=O) groups is 1. The quantitative estimate of drug-likeness (QED) is 0.773. The minimum Gasteiger partial charge on any atom is -0.483 e. The Morgan fingerprint density at radius 3 is 2.59 bits per heavy atom. The van der Waals surface area contributed by atoms with Crippen molar-refractivity contribution in [2.45, 2.75) is 18.7 Å². The van der Waals surface area contributed by atoms with Gasteiger partial charge in [0, 0.05) is 18.8 Å². The van der Waals surface area contributed by atoms with Gasteiger partial charge in [-0.2, -0.15) is 4.31 Å².